The average Bonchev–Trinajstić information content (AvgIpc) is 2.43. The van der Waals surface area contributed by atoms with Crippen LogP contribution in [0, 0.1) is 5.92 Å². The molecule has 0 aliphatic carbocycles. The first-order valence-corrected chi connectivity index (χ1v) is 7.29. The van der Waals surface area contributed by atoms with Gasteiger partial charge in [0, 0.05) is 6.42 Å². The zero-order chi connectivity index (χ0) is 15.1. The summed E-state index contributed by atoms with van der Waals surface area (Å²) in [6.45, 7) is 2.01. The zero-order valence-electron chi connectivity index (χ0n) is 11.6. The molecule has 0 amide bonds. The van der Waals surface area contributed by atoms with E-state index in [9.17, 15) is 9.59 Å². The van der Waals surface area contributed by atoms with E-state index in [1.54, 1.807) is 18.2 Å². The van der Waals surface area contributed by atoms with Gasteiger partial charge in [-0.2, -0.15) is 0 Å². The maximum Gasteiger partial charge on any atom is 0.316 e. The van der Waals surface area contributed by atoms with E-state index in [-0.39, 0.29) is 12.2 Å². The van der Waals surface area contributed by atoms with Crippen LogP contribution in [0.25, 0.3) is 0 Å². The van der Waals surface area contributed by atoms with Gasteiger partial charge in [0.1, 0.15) is 5.92 Å². The van der Waals surface area contributed by atoms with Crippen molar-refractivity contribution in [1.82, 2.24) is 0 Å². The third-order valence-electron chi connectivity index (χ3n) is 3.08. The lowest BCUT2D eigenvalue weighted by atomic mass is 9.93. The van der Waals surface area contributed by atoms with Crippen LogP contribution >= 0.6 is 23.2 Å². The molecule has 0 spiro atoms. The summed E-state index contributed by atoms with van der Waals surface area (Å²) in [4.78, 5) is 23.9. The summed E-state index contributed by atoms with van der Waals surface area (Å²) >= 11 is 11.7. The van der Waals surface area contributed by atoms with Gasteiger partial charge in [0.25, 0.3) is 0 Å². The largest absolute Gasteiger partial charge is 0.468 e. The number of ether oxygens (including phenoxy) is 1. The van der Waals surface area contributed by atoms with E-state index in [0.29, 0.717) is 16.5 Å². The van der Waals surface area contributed by atoms with Gasteiger partial charge in [-0.05, 0) is 24.1 Å². The molecule has 20 heavy (non-hydrogen) atoms. The van der Waals surface area contributed by atoms with Crippen LogP contribution in [0.2, 0.25) is 10.0 Å². The van der Waals surface area contributed by atoms with E-state index < -0.39 is 11.9 Å². The van der Waals surface area contributed by atoms with Crippen molar-refractivity contribution >= 4 is 35.0 Å². The minimum atomic E-state index is -0.700. The molecule has 0 aromatic heterocycles. The van der Waals surface area contributed by atoms with Gasteiger partial charge in [0.05, 0.1) is 17.2 Å². The molecule has 3 nitrogen and oxygen atoms in total. The average molecular weight is 317 g/mol. The van der Waals surface area contributed by atoms with Crippen LogP contribution in [0.5, 0.6) is 0 Å². The number of benzene rings is 1. The molecule has 1 rings (SSSR count). The van der Waals surface area contributed by atoms with E-state index in [2.05, 4.69) is 0 Å². The number of halogens is 2. The maximum absolute atomic E-state index is 12.2. The molecule has 1 unspecified atom stereocenters. The smallest absolute Gasteiger partial charge is 0.316 e. The monoisotopic (exact) mass is 316 g/mol. The molecule has 0 bridgehead atoms. The molecule has 0 aliphatic heterocycles. The fourth-order valence-electron chi connectivity index (χ4n) is 1.93. The summed E-state index contributed by atoms with van der Waals surface area (Å²) in [6.07, 6.45) is 2.41. The van der Waals surface area contributed by atoms with Crippen LogP contribution in [0.4, 0.5) is 0 Å². The number of carbonyl (C=O) groups excluding carboxylic acids is 2. The van der Waals surface area contributed by atoms with Crippen molar-refractivity contribution in [1.29, 1.82) is 0 Å². The lowest BCUT2D eigenvalue weighted by Crippen LogP contribution is -2.26. The Bertz CT molecular complexity index is 486. The van der Waals surface area contributed by atoms with Crippen molar-refractivity contribution in [3.63, 3.8) is 0 Å². The van der Waals surface area contributed by atoms with Crippen LogP contribution in [-0.2, 0) is 20.7 Å². The zero-order valence-corrected chi connectivity index (χ0v) is 13.1. The standard InChI is InChI=1S/C15H18Cl2O3/c1-3-4-5-11(15(19)20-2)14(18)9-10-6-7-12(16)13(17)8-10/h6-8,11H,3-5,9H2,1-2H3. The van der Waals surface area contributed by atoms with Gasteiger partial charge in [-0.25, -0.2) is 0 Å². The Morgan fingerprint density at radius 1 is 1.25 bits per heavy atom. The maximum atomic E-state index is 12.2. The molecule has 1 aromatic carbocycles. The summed E-state index contributed by atoms with van der Waals surface area (Å²) < 4.78 is 4.70. The van der Waals surface area contributed by atoms with E-state index in [0.717, 1.165) is 18.4 Å². The van der Waals surface area contributed by atoms with Crippen LogP contribution in [0.3, 0.4) is 0 Å². The lowest BCUT2D eigenvalue weighted by molar-refractivity contribution is -0.149. The summed E-state index contributed by atoms with van der Waals surface area (Å²) in [7, 11) is 1.30. The number of carbonyl (C=O) groups is 2. The second-order valence-electron chi connectivity index (χ2n) is 4.61. The predicted octanol–water partition coefficient (Wildman–Crippen LogP) is 4.08. The molecule has 1 atom stereocenters. The van der Waals surface area contributed by atoms with Crippen molar-refractivity contribution in [2.75, 3.05) is 7.11 Å². The fraction of sp³-hybridized carbons (Fsp3) is 0.467. The van der Waals surface area contributed by atoms with Crippen LogP contribution < -0.4 is 0 Å². The van der Waals surface area contributed by atoms with E-state index >= 15 is 0 Å². The normalized spacial score (nSPS) is 12.0. The Labute approximate surface area is 129 Å². The predicted molar refractivity (Wildman–Crippen MR) is 80.2 cm³/mol. The molecule has 0 saturated carbocycles. The molecule has 0 aliphatic rings. The molecule has 0 N–H and O–H groups in total. The topological polar surface area (TPSA) is 43.4 Å². The minimum absolute atomic E-state index is 0.149. The molecule has 5 heteroatoms. The second-order valence-corrected chi connectivity index (χ2v) is 5.42. The quantitative estimate of drug-likeness (QED) is 0.562. The molecular weight excluding hydrogens is 299 g/mol. The number of rotatable bonds is 7. The summed E-state index contributed by atoms with van der Waals surface area (Å²) in [5, 5.41) is 0.846. The van der Waals surface area contributed by atoms with Crippen LogP contribution in [0.15, 0.2) is 18.2 Å². The number of esters is 1. The number of Topliss-reactive ketones (excluding diaryl/α,β-unsaturated/α-hetero) is 1. The SMILES string of the molecule is CCCCC(C(=O)Cc1ccc(Cl)c(Cl)c1)C(=O)OC. The van der Waals surface area contributed by atoms with Gasteiger partial charge in [-0.1, -0.05) is 49.0 Å². The highest BCUT2D eigenvalue weighted by Gasteiger charge is 2.26. The van der Waals surface area contributed by atoms with Crippen molar-refractivity contribution in [2.24, 2.45) is 5.92 Å². The van der Waals surface area contributed by atoms with E-state index in [1.807, 2.05) is 6.92 Å². The van der Waals surface area contributed by atoms with Crippen molar-refractivity contribution in [3.8, 4) is 0 Å². The molecular formula is C15H18Cl2O3. The first-order chi connectivity index (χ1) is 9.49. The summed E-state index contributed by atoms with van der Waals surface area (Å²) in [6, 6.07) is 5.03. The Balaban J connectivity index is 2.78. The highest BCUT2D eigenvalue weighted by atomic mass is 35.5. The lowest BCUT2D eigenvalue weighted by Gasteiger charge is -2.13. The Morgan fingerprint density at radius 3 is 2.50 bits per heavy atom. The minimum Gasteiger partial charge on any atom is -0.468 e. The Kier molecular flexibility index (Phi) is 7.03. The number of unbranched alkanes of at least 4 members (excludes halogenated alkanes) is 1. The van der Waals surface area contributed by atoms with Gasteiger partial charge < -0.3 is 4.74 Å². The first kappa shape index (κ1) is 17.0. The Hall–Kier alpha value is -1.06. The molecule has 0 saturated heterocycles. The van der Waals surface area contributed by atoms with Crippen LogP contribution in [0.1, 0.15) is 31.7 Å². The summed E-state index contributed by atoms with van der Waals surface area (Å²) in [5.74, 6) is -1.32. The highest BCUT2D eigenvalue weighted by Crippen LogP contribution is 2.24. The van der Waals surface area contributed by atoms with E-state index in [1.165, 1.54) is 7.11 Å². The van der Waals surface area contributed by atoms with E-state index in [4.69, 9.17) is 27.9 Å². The number of hydrogen-bond acceptors (Lipinski definition) is 3. The first-order valence-electron chi connectivity index (χ1n) is 6.54. The van der Waals surface area contributed by atoms with Gasteiger partial charge >= 0.3 is 5.97 Å². The third kappa shape index (κ3) is 4.80. The second kappa shape index (κ2) is 8.28. The van der Waals surface area contributed by atoms with Crippen molar-refractivity contribution < 1.29 is 14.3 Å². The summed E-state index contributed by atoms with van der Waals surface area (Å²) in [5.41, 5.74) is 0.745. The van der Waals surface area contributed by atoms with Gasteiger partial charge in [0.15, 0.2) is 5.78 Å². The Morgan fingerprint density at radius 2 is 1.95 bits per heavy atom. The number of hydrogen-bond donors (Lipinski definition) is 0. The number of methoxy groups -OCH3 is 1. The van der Waals surface area contributed by atoms with Crippen LogP contribution in [-0.4, -0.2) is 18.9 Å². The van der Waals surface area contributed by atoms with Gasteiger partial charge in [-0.3, -0.25) is 9.59 Å². The number of ketones is 1. The molecule has 0 fully saturated rings. The highest BCUT2D eigenvalue weighted by molar-refractivity contribution is 6.42. The van der Waals surface area contributed by atoms with Crippen molar-refractivity contribution in [3.05, 3.63) is 33.8 Å². The van der Waals surface area contributed by atoms with Gasteiger partial charge in [-0.15, -0.1) is 0 Å². The van der Waals surface area contributed by atoms with Gasteiger partial charge in [0.2, 0.25) is 0 Å². The third-order valence-corrected chi connectivity index (χ3v) is 3.82. The molecule has 0 radical (unpaired) electrons. The fourth-order valence-corrected chi connectivity index (χ4v) is 2.26. The molecule has 1 aromatic rings. The molecule has 110 valence electrons. The van der Waals surface area contributed by atoms with Crippen molar-refractivity contribution in [2.45, 2.75) is 32.6 Å². The molecule has 0 heterocycles.